The second-order valence-corrected chi connectivity index (χ2v) is 6.51. The molecule has 27 heavy (non-hydrogen) atoms. The van der Waals surface area contributed by atoms with Gasteiger partial charge >= 0.3 is 0 Å². The molecular weight excluding hydrogens is 364 g/mol. The van der Waals surface area contributed by atoms with Crippen LogP contribution in [0.1, 0.15) is 41.8 Å². The smallest absolute Gasteiger partial charge is 0.251 e. The number of hydrogen-bond acceptors (Lipinski definition) is 4. The van der Waals surface area contributed by atoms with Crippen LogP contribution >= 0.6 is 11.6 Å². The molecule has 0 aliphatic heterocycles. The Hall–Kier alpha value is -2.24. The Morgan fingerprint density at radius 3 is 2.59 bits per heavy atom. The number of carbonyl (C=O) groups is 1. The quantitative estimate of drug-likeness (QED) is 0.639. The topological polar surface area (TPSA) is 59.6 Å². The van der Waals surface area contributed by atoms with Gasteiger partial charge < -0.3 is 20.1 Å². The van der Waals surface area contributed by atoms with Gasteiger partial charge in [0.2, 0.25) is 0 Å². The van der Waals surface area contributed by atoms with Crippen LogP contribution in [-0.4, -0.2) is 26.2 Å². The van der Waals surface area contributed by atoms with Crippen LogP contribution in [0, 0.1) is 0 Å². The first-order valence-corrected chi connectivity index (χ1v) is 9.53. The summed E-state index contributed by atoms with van der Waals surface area (Å²) in [5, 5.41) is 6.79. The first-order chi connectivity index (χ1) is 13.1. The average Bonchev–Trinajstić information content (AvgIpc) is 2.66. The lowest BCUT2D eigenvalue weighted by Gasteiger charge is -2.13. The number of ether oxygens (including phenoxy) is 2. The fourth-order valence-electron chi connectivity index (χ4n) is 2.70. The maximum Gasteiger partial charge on any atom is 0.251 e. The normalized spacial score (nSPS) is 10.5. The molecule has 0 unspecified atom stereocenters. The molecule has 0 aliphatic rings. The van der Waals surface area contributed by atoms with Crippen molar-refractivity contribution in [1.29, 1.82) is 0 Å². The van der Waals surface area contributed by atoms with Gasteiger partial charge in [-0.1, -0.05) is 30.7 Å². The standard InChI is InChI=1S/C21H27ClN2O3/c1-4-9-24-21(25)17-8-6-7-15(10-17)13-23-14-16-11-18(22)20(26-3)19(12-16)27-5-2/h6-8,10-12,23H,4-5,9,13-14H2,1-3H3,(H,24,25). The molecule has 2 aromatic rings. The van der Waals surface area contributed by atoms with Gasteiger partial charge in [0.25, 0.3) is 5.91 Å². The number of rotatable bonds is 10. The lowest BCUT2D eigenvalue weighted by atomic mass is 10.1. The van der Waals surface area contributed by atoms with Gasteiger partial charge in [0.15, 0.2) is 11.5 Å². The number of halogens is 1. The van der Waals surface area contributed by atoms with Crippen LogP contribution in [0.3, 0.4) is 0 Å². The molecule has 5 nitrogen and oxygen atoms in total. The molecule has 2 N–H and O–H groups in total. The Morgan fingerprint density at radius 2 is 1.89 bits per heavy atom. The van der Waals surface area contributed by atoms with Crippen LogP contribution in [-0.2, 0) is 13.1 Å². The zero-order chi connectivity index (χ0) is 19.6. The molecule has 0 aliphatic carbocycles. The van der Waals surface area contributed by atoms with Crippen LogP contribution in [0.4, 0.5) is 0 Å². The van der Waals surface area contributed by atoms with E-state index in [0.717, 1.165) is 17.5 Å². The van der Waals surface area contributed by atoms with E-state index < -0.39 is 0 Å². The highest BCUT2D eigenvalue weighted by atomic mass is 35.5. The first-order valence-electron chi connectivity index (χ1n) is 9.16. The molecule has 0 radical (unpaired) electrons. The van der Waals surface area contributed by atoms with E-state index in [1.807, 2.05) is 50.2 Å². The molecule has 0 saturated carbocycles. The molecule has 2 aromatic carbocycles. The maximum absolute atomic E-state index is 12.1. The Balaban J connectivity index is 1.99. The fraction of sp³-hybridized carbons (Fsp3) is 0.381. The SMILES string of the molecule is CCCNC(=O)c1cccc(CNCc2cc(Cl)c(OC)c(OCC)c2)c1. The van der Waals surface area contributed by atoms with Gasteiger partial charge in [-0.25, -0.2) is 0 Å². The third-order valence-corrected chi connectivity index (χ3v) is 4.24. The molecule has 0 aromatic heterocycles. The lowest BCUT2D eigenvalue weighted by molar-refractivity contribution is 0.0953. The molecule has 146 valence electrons. The predicted molar refractivity (Wildman–Crippen MR) is 109 cm³/mol. The van der Waals surface area contributed by atoms with E-state index in [1.54, 1.807) is 7.11 Å². The Bertz CT molecular complexity index is 765. The lowest BCUT2D eigenvalue weighted by Crippen LogP contribution is -2.24. The highest BCUT2D eigenvalue weighted by molar-refractivity contribution is 6.32. The van der Waals surface area contributed by atoms with E-state index in [4.69, 9.17) is 21.1 Å². The molecule has 6 heteroatoms. The van der Waals surface area contributed by atoms with Crippen LogP contribution < -0.4 is 20.1 Å². The van der Waals surface area contributed by atoms with Gasteiger partial charge in [0.05, 0.1) is 18.7 Å². The van der Waals surface area contributed by atoms with E-state index >= 15 is 0 Å². The predicted octanol–water partition coefficient (Wildman–Crippen LogP) is 4.18. The Labute approximate surface area is 166 Å². The Kier molecular flexibility index (Phi) is 8.43. The Morgan fingerprint density at radius 1 is 1.11 bits per heavy atom. The maximum atomic E-state index is 12.1. The van der Waals surface area contributed by atoms with Gasteiger partial charge in [-0.3, -0.25) is 4.79 Å². The second-order valence-electron chi connectivity index (χ2n) is 6.10. The fourth-order valence-corrected chi connectivity index (χ4v) is 3.01. The van der Waals surface area contributed by atoms with E-state index in [9.17, 15) is 4.79 Å². The zero-order valence-corrected chi connectivity index (χ0v) is 16.9. The first kappa shape index (κ1) is 21.1. The van der Waals surface area contributed by atoms with Crippen LogP contribution in [0.15, 0.2) is 36.4 Å². The summed E-state index contributed by atoms with van der Waals surface area (Å²) < 4.78 is 10.9. The van der Waals surface area contributed by atoms with E-state index in [2.05, 4.69) is 10.6 Å². The molecule has 0 saturated heterocycles. The van der Waals surface area contributed by atoms with Crippen LogP contribution in [0.25, 0.3) is 0 Å². The van der Waals surface area contributed by atoms with E-state index in [0.29, 0.717) is 48.3 Å². The zero-order valence-electron chi connectivity index (χ0n) is 16.1. The largest absolute Gasteiger partial charge is 0.491 e. The molecule has 1 amide bonds. The van der Waals surface area contributed by atoms with Crippen LogP contribution in [0.2, 0.25) is 5.02 Å². The summed E-state index contributed by atoms with van der Waals surface area (Å²) in [4.78, 5) is 12.1. The van der Waals surface area contributed by atoms with Gasteiger partial charge in [-0.2, -0.15) is 0 Å². The van der Waals surface area contributed by atoms with E-state index in [1.165, 1.54) is 0 Å². The highest BCUT2D eigenvalue weighted by Gasteiger charge is 2.11. The number of nitrogens with one attached hydrogen (secondary N) is 2. The second kappa shape index (κ2) is 10.8. The third-order valence-electron chi connectivity index (χ3n) is 3.96. The minimum Gasteiger partial charge on any atom is -0.491 e. The molecule has 2 rings (SSSR count). The summed E-state index contributed by atoms with van der Waals surface area (Å²) >= 11 is 6.29. The van der Waals surface area contributed by atoms with Gasteiger partial charge in [-0.05, 0) is 48.7 Å². The van der Waals surface area contributed by atoms with Crippen molar-refractivity contribution in [3.63, 3.8) is 0 Å². The third kappa shape index (κ3) is 6.15. The minimum atomic E-state index is -0.0398. The highest BCUT2D eigenvalue weighted by Crippen LogP contribution is 2.36. The van der Waals surface area contributed by atoms with Crippen molar-refractivity contribution >= 4 is 17.5 Å². The monoisotopic (exact) mass is 390 g/mol. The molecule has 0 atom stereocenters. The summed E-state index contributed by atoms with van der Waals surface area (Å²) in [6.07, 6.45) is 0.918. The number of methoxy groups -OCH3 is 1. The number of carbonyl (C=O) groups excluding carboxylic acids is 1. The van der Waals surface area contributed by atoms with Gasteiger partial charge in [0.1, 0.15) is 0 Å². The van der Waals surface area contributed by atoms with Crippen molar-refractivity contribution < 1.29 is 14.3 Å². The summed E-state index contributed by atoms with van der Waals surface area (Å²) in [6, 6.07) is 11.4. The average molecular weight is 391 g/mol. The van der Waals surface area contributed by atoms with Crippen LogP contribution in [0.5, 0.6) is 11.5 Å². The van der Waals surface area contributed by atoms with Crippen molar-refractivity contribution in [2.24, 2.45) is 0 Å². The summed E-state index contributed by atoms with van der Waals surface area (Å²) in [7, 11) is 1.57. The molecular formula is C21H27ClN2O3. The van der Waals surface area contributed by atoms with Gasteiger partial charge in [0, 0.05) is 25.2 Å². The summed E-state index contributed by atoms with van der Waals surface area (Å²) in [6.45, 7) is 6.43. The van der Waals surface area contributed by atoms with Gasteiger partial charge in [-0.15, -0.1) is 0 Å². The van der Waals surface area contributed by atoms with Crippen molar-refractivity contribution in [3.05, 3.63) is 58.1 Å². The van der Waals surface area contributed by atoms with Crippen molar-refractivity contribution in [2.45, 2.75) is 33.4 Å². The molecule has 0 spiro atoms. The van der Waals surface area contributed by atoms with Crippen molar-refractivity contribution in [3.8, 4) is 11.5 Å². The molecule has 0 bridgehead atoms. The number of amides is 1. The minimum absolute atomic E-state index is 0.0398. The number of benzene rings is 2. The summed E-state index contributed by atoms with van der Waals surface area (Å²) in [5.41, 5.74) is 2.72. The van der Waals surface area contributed by atoms with Crippen molar-refractivity contribution in [2.75, 3.05) is 20.3 Å². The summed E-state index contributed by atoms with van der Waals surface area (Å²) in [5.74, 6) is 1.15. The number of hydrogen-bond donors (Lipinski definition) is 2. The molecule has 0 fully saturated rings. The van der Waals surface area contributed by atoms with Crippen molar-refractivity contribution in [1.82, 2.24) is 10.6 Å². The molecule has 0 heterocycles. The van der Waals surface area contributed by atoms with E-state index in [-0.39, 0.29) is 5.91 Å².